The van der Waals surface area contributed by atoms with Gasteiger partial charge < -0.3 is 10.6 Å². The van der Waals surface area contributed by atoms with Crippen molar-refractivity contribution in [2.75, 3.05) is 6.54 Å². The second-order valence-corrected chi connectivity index (χ2v) is 5.79. The standard InChI is InChI=1S/C14H18BrFN2O/c1-9(12-5-2-10(16)8-13(12)15)17-7-6-14(19)18-11-3-4-11/h2,5,8-9,11,17H,3-4,6-7H2,1H3,(H,18,19). The minimum Gasteiger partial charge on any atom is -0.353 e. The van der Waals surface area contributed by atoms with E-state index in [2.05, 4.69) is 26.6 Å². The molecule has 0 aromatic heterocycles. The first-order valence-electron chi connectivity index (χ1n) is 6.54. The van der Waals surface area contributed by atoms with E-state index in [1.165, 1.54) is 12.1 Å². The van der Waals surface area contributed by atoms with Crippen LogP contribution in [0.25, 0.3) is 0 Å². The molecule has 1 aliphatic rings. The molecular weight excluding hydrogens is 311 g/mol. The molecule has 2 N–H and O–H groups in total. The summed E-state index contributed by atoms with van der Waals surface area (Å²) in [5.74, 6) is -0.160. The number of hydrogen-bond donors (Lipinski definition) is 2. The van der Waals surface area contributed by atoms with Crippen LogP contribution in [0.3, 0.4) is 0 Å². The Balaban J connectivity index is 1.76. The van der Waals surface area contributed by atoms with Gasteiger partial charge in [-0.05, 0) is 37.5 Å². The fourth-order valence-corrected chi connectivity index (χ4v) is 2.59. The monoisotopic (exact) mass is 328 g/mol. The number of carbonyl (C=O) groups is 1. The van der Waals surface area contributed by atoms with Crippen molar-refractivity contribution in [2.45, 2.75) is 38.3 Å². The van der Waals surface area contributed by atoms with Gasteiger partial charge in [-0.3, -0.25) is 4.79 Å². The van der Waals surface area contributed by atoms with Crippen molar-refractivity contribution in [2.24, 2.45) is 0 Å². The van der Waals surface area contributed by atoms with E-state index >= 15 is 0 Å². The van der Waals surface area contributed by atoms with E-state index in [4.69, 9.17) is 0 Å². The van der Waals surface area contributed by atoms with Crippen LogP contribution in [-0.2, 0) is 4.79 Å². The van der Waals surface area contributed by atoms with Crippen LogP contribution in [0.1, 0.15) is 37.8 Å². The lowest BCUT2D eigenvalue weighted by Crippen LogP contribution is -2.30. The highest BCUT2D eigenvalue weighted by Gasteiger charge is 2.22. The third-order valence-corrected chi connectivity index (χ3v) is 3.86. The molecule has 1 aromatic carbocycles. The first-order valence-corrected chi connectivity index (χ1v) is 7.33. The summed E-state index contributed by atoms with van der Waals surface area (Å²) in [6.07, 6.45) is 2.69. The van der Waals surface area contributed by atoms with Gasteiger partial charge in [-0.2, -0.15) is 0 Å². The molecule has 1 aliphatic carbocycles. The summed E-state index contributed by atoms with van der Waals surface area (Å²) >= 11 is 3.35. The third kappa shape index (κ3) is 4.58. The Bertz CT molecular complexity index is 463. The predicted octanol–water partition coefficient (Wildman–Crippen LogP) is 2.91. The van der Waals surface area contributed by atoms with Gasteiger partial charge in [0.05, 0.1) is 0 Å². The molecule has 104 valence electrons. The molecule has 1 amide bonds. The zero-order chi connectivity index (χ0) is 13.8. The van der Waals surface area contributed by atoms with E-state index in [9.17, 15) is 9.18 Å². The fourth-order valence-electron chi connectivity index (χ4n) is 1.89. The number of amides is 1. The Labute approximate surface area is 121 Å². The van der Waals surface area contributed by atoms with Gasteiger partial charge in [0.25, 0.3) is 0 Å². The van der Waals surface area contributed by atoms with Gasteiger partial charge in [0, 0.05) is 29.5 Å². The van der Waals surface area contributed by atoms with E-state index in [-0.39, 0.29) is 17.8 Å². The highest BCUT2D eigenvalue weighted by atomic mass is 79.9. The zero-order valence-electron chi connectivity index (χ0n) is 10.9. The normalized spacial score (nSPS) is 16.2. The van der Waals surface area contributed by atoms with Crippen molar-refractivity contribution in [3.8, 4) is 0 Å². The molecule has 1 fully saturated rings. The molecule has 1 aromatic rings. The molecule has 3 nitrogen and oxygen atoms in total. The molecule has 19 heavy (non-hydrogen) atoms. The van der Waals surface area contributed by atoms with Crippen LogP contribution < -0.4 is 10.6 Å². The predicted molar refractivity (Wildman–Crippen MR) is 76.3 cm³/mol. The van der Waals surface area contributed by atoms with Gasteiger partial charge in [-0.25, -0.2) is 4.39 Å². The molecule has 1 unspecified atom stereocenters. The number of nitrogens with one attached hydrogen (secondary N) is 2. The summed E-state index contributed by atoms with van der Waals surface area (Å²) in [6.45, 7) is 2.61. The fraction of sp³-hybridized carbons (Fsp3) is 0.500. The van der Waals surface area contributed by atoms with Crippen LogP contribution >= 0.6 is 15.9 Å². The summed E-state index contributed by atoms with van der Waals surface area (Å²) < 4.78 is 13.7. The largest absolute Gasteiger partial charge is 0.353 e. The molecular formula is C14H18BrFN2O. The van der Waals surface area contributed by atoms with Crippen molar-refractivity contribution >= 4 is 21.8 Å². The van der Waals surface area contributed by atoms with Crippen molar-refractivity contribution < 1.29 is 9.18 Å². The van der Waals surface area contributed by atoms with E-state index in [1.54, 1.807) is 6.07 Å². The number of hydrogen-bond acceptors (Lipinski definition) is 2. The Kier molecular flexibility index (Phi) is 4.93. The summed E-state index contributed by atoms with van der Waals surface area (Å²) in [5.41, 5.74) is 0.990. The van der Waals surface area contributed by atoms with Gasteiger partial charge in [0.15, 0.2) is 0 Å². The highest BCUT2D eigenvalue weighted by molar-refractivity contribution is 9.10. The lowest BCUT2D eigenvalue weighted by atomic mass is 10.1. The molecule has 1 atom stereocenters. The smallest absolute Gasteiger partial charge is 0.221 e. The Morgan fingerprint density at radius 2 is 2.26 bits per heavy atom. The van der Waals surface area contributed by atoms with Crippen molar-refractivity contribution in [3.05, 3.63) is 34.1 Å². The van der Waals surface area contributed by atoms with E-state index in [0.717, 1.165) is 22.9 Å². The minimum absolute atomic E-state index is 0.0729. The molecule has 1 saturated carbocycles. The lowest BCUT2D eigenvalue weighted by Gasteiger charge is -2.15. The maximum Gasteiger partial charge on any atom is 0.221 e. The van der Waals surface area contributed by atoms with Gasteiger partial charge >= 0.3 is 0 Å². The Morgan fingerprint density at radius 3 is 2.89 bits per heavy atom. The van der Waals surface area contributed by atoms with Crippen LogP contribution in [0.2, 0.25) is 0 Å². The van der Waals surface area contributed by atoms with Crippen molar-refractivity contribution in [1.82, 2.24) is 10.6 Å². The molecule has 0 saturated heterocycles. The molecule has 0 bridgehead atoms. The molecule has 0 aliphatic heterocycles. The first kappa shape index (κ1) is 14.5. The topological polar surface area (TPSA) is 41.1 Å². The van der Waals surface area contributed by atoms with Gasteiger partial charge in [0.1, 0.15) is 5.82 Å². The zero-order valence-corrected chi connectivity index (χ0v) is 12.5. The summed E-state index contributed by atoms with van der Waals surface area (Å²) in [5, 5.41) is 6.22. The molecule has 0 spiro atoms. The SMILES string of the molecule is CC(NCCC(=O)NC1CC1)c1ccc(F)cc1Br. The molecule has 0 radical (unpaired) electrons. The lowest BCUT2D eigenvalue weighted by molar-refractivity contribution is -0.121. The maximum absolute atomic E-state index is 13.0. The van der Waals surface area contributed by atoms with E-state index in [0.29, 0.717) is 19.0 Å². The Hall–Kier alpha value is -0.940. The first-order chi connectivity index (χ1) is 9.06. The summed E-state index contributed by atoms with van der Waals surface area (Å²) in [7, 11) is 0. The van der Waals surface area contributed by atoms with E-state index < -0.39 is 0 Å². The average molecular weight is 329 g/mol. The second kappa shape index (κ2) is 6.48. The quantitative estimate of drug-likeness (QED) is 0.843. The summed E-state index contributed by atoms with van der Waals surface area (Å²) in [4.78, 5) is 11.5. The maximum atomic E-state index is 13.0. The van der Waals surface area contributed by atoms with Crippen LogP contribution in [0, 0.1) is 5.82 Å². The number of rotatable bonds is 6. The highest BCUT2D eigenvalue weighted by Crippen LogP contribution is 2.24. The van der Waals surface area contributed by atoms with Gasteiger partial charge in [-0.15, -0.1) is 0 Å². The number of carbonyl (C=O) groups excluding carboxylic acids is 1. The van der Waals surface area contributed by atoms with Crippen LogP contribution in [0.4, 0.5) is 4.39 Å². The summed E-state index contributed by atoms with van der Waals surface area (Å²) in [6, 6.07) is 5.13. The van der Waals surface area contributed by atoms with Crippen molar-refractivity contribution in [1.29, 1.82) is 0 Å². The van der Waals surface area contributed by atoms with E-state index in [1.807, 2.05) is 6.92 Å². The number of halogens is 2. The van der Waals surface area contributed by atoms with Gasteiger partial charge in [-0.1, -0.05) is 22.0 Å². The third-order valence-electron chi connectivity index (χ3n) is 3.17. The average Bonchev–Trinajstić information content (AvgIpc) is 3.12. The second-order valence-electron chi connectivity index (χ2n) is 4.93. The minimum atomic E-state index is -0.258. The van der Waals surface area contributed by atoms with Crippen LogP contribution in [0.5, 0.6) is 0 Å². The molecule has 5 heteroatoms. The van der Waals surface area contributed by atoms with Crippen molar-refractivity contribution in [3.63, 3.8) is 0 Å². The van der Waals surface area contributed by atoms with Crippen LogP contribution in [0.15, 0.2) is 22.7 Å². The Morgan fingerprint density at radius 1 is 1.53 bits per heavy atom. The molecule has 0 heterocycles. The molecule has 2 rings (SSSR count). The van der Waals surface area contributed by atoms with Crippen LogP contribution in [-0.4, -0.2) is 18.5 Å². The van der Waals surface area contributed by atoms with Gasteiger partial charge in [0.2, 0.25) is 5.91 Å². The number of benzene rings is 1.